The standard InChI is InChI=1S/C24H21NO5S/c1-28-17-12-11-16(20(14-17)29-2)13-24(27)30-15-23(26)25-18-7-3-5-9-21(18)31-22-10-6-4-8-19(22)25/h3-12,14H,13,15H2,1-2H3. The molecule has 3 aromatic carbocycles. The number of ether oxygens (including phenoxy) is 3. The van der Waals surface area contributed by atoms with Gasteiger partial charge >= 0.3 is 5.97 Å². The van der Waals surface area contributed by atoms with Crippen LogP contribution in [0.15, 0.2) is 76.5 Å². The van der Waals surface area contributed by atoms with Crippen LogP contribution in [0, 0.1) is 0 Å². The van der Waals surface area contributed by atoms with Crippen molar-refractivity contribution in [2.24, 2.45) is 0 Å². The number of anilines is 2. The molecule has 0 unspecified atom stereocenters. The molecule has 1 aliphatic heterocycles. The summed E-state index contributed by atoms with van der Waals surface area (Å²) in [4.78, 5) is 29.1. The van der Waals surface area contributed by atoms with E-state index >= 15 is 0 Å². The fraction of sp³-hybridized carbons (Fsp3) is 0.167. The molecule has 4 rings (SSSR count). The Bertz CT molecular complexity index is 1080. The van der Waals surface area contributed by atoms with Gasteiger partial charge in [0.05, 0.1) is 32.0 Å². The van der Waals surface area contributed by atoms with E-state index in [9.17, 15) is 9.59 Å². The second kappa shape index (κ2) is 9.14. The van der Waals surface area contributed by atoms with Crippen molar-refractivity contribution >= 4 is 35.0 Å². The number of hydrogen-bond acceptors (Lipinski definition) is 6. The van der Waals surface area contributed by atoms with Gasteiger partial charge < -0.3 is 14.2 Å². The third kappa shape index (κ3) is 4.36. The molecule has 31 heavy (non-hydrogen) atoms. The van der Waals surface area contributed by atoms with Crippen molar-refractivity contribution in [1.82, 2.24) is 0 Å². The minimum Gasteiger partial charge on any atom is -0.497 e. The van der Waals surface area contributed by atoms with Gasteiger partial charge in [-0.2, -0.15) is 0 Å². The number of methoxy groups -OCH3 is 2. The van der Waals surface area contributed by atoms with E-state index in [2.05, 4.69) is 0 Å². The number of carbonyl (C=O) groups is 2. The molecule has 0 radical (unpaired) electrons. The number of nitrogens with zero attached hydrogens (tertiary/aromatic N) is 1. The van der Waals surface area contributed by atoms with Crippen molar-refractivity contribution in [2.75, 3.05) is 25.7 Å². The summed E-state index contributed by atoms with van der Waals surface area (Å²) in [6.07, 6.45) is -0.0104. The van der Waals surface area contributed by atoms with Gasteiger partial charge in [-0.3, -0.25) is 14.5 Å². The maximum Gasteiger partial charge on any atom is 0.310 e. The fourth-order valence-electron chi connectivity index (χ4n) is 3.38. The van der Waals surface area contributed by atoms with E-state index < -0.39 is 5.97 Å². The summed E-state index contributed by atoms with van der Waals surface area (Å²) in [6.45, 7) is -0.357. The van der Waals surface area contributed by atoms with Crippen molar-refractivity contribution in [3.63, 3.8) is 0 Å². The van der Waals surface area contributed by atoms with E-state index in [-0.39, 0.29) is 18.9 Å². The molecular formula is C24H21NO5S. The lowest BCUT2D eigenvalue weighted by atomic mass is 10.1. The van der Waals surface area contributed by atoms with Gasteiger partial charge in [-0.25, -0.2) is 0 Å². The van der Waals surface area contributed by atoms with Crippen molar-refractivity contribution < 1.29 is 23.8 Å². The third-order valence-electron chi connectivity index (χ3n) is 4.87. The molecule has 6 nitrogen and oxygen atoms in total. The lowest BCUT2D eigenvalue weighted by Crippen LogP contribution is -2.32. The molecule has 0 saturated carbocycles. The first-order valence-corrected chi connectivity index (χ1v) is 10.5. The zero-order valence-corrected chi connectivity index (χ0v) is 18.0. The van der Waals surface area contributed by atoms with Gasteiger partial charge in [0.2, 0.25) is 0 Å². The number of hydrogen-bond donors (Lipinski definition) is 0. The number of rotatable bonds is 6. The molecule has 0 N–H and O–H groups in total. The van der Waals surface area contributed by atoms with Crippen LogP contribution in [0.25, 0.3) is 0 Å². The van der Waals surface area contributed by atoms with Crippen molar-refractivity contribution in [1.29, 1.82) is 0 Å². The summed E-state index contributed by atoms with van der Waals surface area (Å²) in [5, 5.41) is 0. The van der Waals surface area contributed by atoms with Crippen LogP contribution in [0.1, 0.15) is 5.56 Å². The predicted octanol–water partition coefficient (Wildman–Crippen LogP) is 4.62. The van der Waals surface area contributed by atoms with Gasteiger partial charge in [-0.05, 0) is 30.3 Å². The largest absolute Gasteiger partial charge is 0.497 e. The summed E-state index contributed by atoms with van der Waals surface area (Å²) in [5.74, 6) is 0.336. The van der Waals surface area contributed by atoms with E-state index in [1.54, 1.807) is 42.0 Å². The Kier molecular flexibility index (Phi) is 6.13. The molecule has 1 heterocycles. The number of benzene rings is 3. The second-order valence-electron chi connectivity index (χ2n) is 6.78. The van der Waals surface area contributed by atoms with Crippen molar-refractivity contribution in [3.8, 4) is 11.5 Å². The number of amides is 1. The highest BCUT2D eigenvalue weighted by Gasteiger charge is 2.28. The monoisotopic (exact) mass is 435 g/mol. The summed E-state index contributed by atoms with van der Waals surface area (Å²) in [6, 6.07) is 20.6. The summed E-state index contributed by atoms with van der Waals surface area (Å²) >= 11 is 1.61. The Morgan fingerprint density at radius 1 is 0.871 bits per heavy atom. The average molecular weight is 436 g/mol. The average Bonchev–Trinajstić information content (AvgIpc) is 2.81. The summed E-state index contributed by atoms with van der Waals surface area (Å²) < 4.78 is 15.8. The van der Waals surface area contributed by atoms with Gasteiger partial charge in [-0.15, -0.1) is 0 Å². The smallest absolute Gasteiger partial charge is 0.310 e. The van der Waals surface area contributed by atoms with Gasteiger partial charge in [0.15, 0.2) is 6.61 Å². The first-order chi connectivity index (χ1) is 15.1. The highest BCUT2D eigenvalue weighted by molar-refractivity contribution is 7.99. The SMILES string of the molecule is COc1ccc(CC(=O)OCC(=O)N2c3ccccc3Sc3ccccc32)c(OC)c1. The van der Waals surface area contributed by atoms with Crippen molar-refractivity contribution in [3.05, 3.63) is 72.3 Å². The van der Waals surface area contributed by atoms with E-state index in [1.165, 1.54) is 7.11 Å². The topological polar surface area (TPSA) is 65.1 Å². The Balaban J connectivity index is 1.48. The van der Waals surface area contributed by atoms with Gasteiger partial charge in [0, 0.05) is 21.4 Å². The van der Waals surface area contributed by atoms with Gasteiger partial charge in [-0.1, -0.05) is 42.1 Å². The minimum atomic E-state index is -0.509. The zero-order valence-electron chi connectivity index (χ0n) is 17.2. The predicted molar refractivity (Wildman–Crippen MR) is 118 cm³/mol. The Hall–Kier alpha value is -3.45. The molecule has 0 atom stereocenters. The van der Waals surface area contributed by atoms with Crippen molar-refractivity contribution in [2.45, 2.75) is 16.2 Å². The quantitative estimate of drug-likeness (QED) is 0.527. The van der Waals surface area contributed by atoms with Crippen LogP contribution in [0.4, 0.5) is 11.4 Å². The minimum absolute atomic E-state index is 0.0104. The van der Waals surface area contributed by atoms with E-state index in [0.29, 0.717) is 17.1 Å². The number of esters is 1. The van der Waals surface area contributed by atoms with Crippen LogP contribution in [-0.4, -0.2) is 32.7 Å². The first-order valence-electron chi connectivity index (χ1n) is 9.66. The molecule has 1 aliphatic rings. The van der Waals surface area contributed by atoms with E-state index in [4.69, 9.17) is 14.2 Å². The molecule has 158 valence electrons. The molecule has 0 aliphatic carbocycles. The van der Waals surface area contributed by atoms with E-state index in [0.717, 1.165) is 21.2 Å². The molecule has 0 aromatic heterocycles. The zero-order chi connectivity index (χ0) is 21.8. The first kappa shape index (κ1) is 20.8. The lowest BCUT2D eigenvalue weighted by molar-refractivity contribution is -0.147. The van der Waals surface area contributed by atoms with Crippen LogP contribution >= 0.6 is 11.8 Å². The van der Waals surface area contributed by atoms with Crippen LogP contribution < -0.4 is 14.4 Å². The molecule has 0 bridgehead atoms. The molecular weight excluding hydrogens is 414 g/mol. The molecule has 0 fully saturated rings. The molecule has 3 aromatic rings. The van der Waals surface area contributed by atoms with Crippen LogP contribution in [0.2, 0.25) is 0 Å². The molecule has 0 saturated heterocycles. The maximum absolute atomic E-state index is 13.1. The van der Waals surface area contributed by atoms with Gasteiger partial charge in [0.25, 0.3) is 5.91 Å². The fourth-order valence-corrected chi connectivity index (χ4v) is 4.44. The normalized spacial score (nSPS) is 11.9. The Morgan fingerprint density at radius 2 is 1.52 bits per heavy atom. The molecule has 7 heteroatoms. The maximum atomic E-state index is 13.1. The number of fused-ring (bicyclic) bond motifs is 2. The Labute approximate surface area is 184 Å². The number of para-hydroxylation sites is 2. The van der Waals surface area contributed by atoms with Gasteiger partial charge in [0.1, 0.15) is 11.5 Å². The lowest BCUT2D eigenvalue weighted by Gasteiger charge is -2.30. The highest BCUT2D eigenvalue weighted by Crippen LogP contribution is 2.47. The summed E-state index contributed by atoms with van der Waals surface area (Å²) in [7, 11) is 3.08. The van der Waals surface area contributed by atoms with Crippen LogP contribution in [0.3, 0.4) is 0 Å². The summed E-state index contributed by atoms with van der Waals surface area (Å²) in [5.41, 5.74) is 2.22. The number of carbonyl (C=O) groups excluding carboxylic acids is 2. The van der Waals surface area contributed by atoms with E-state index in [1.807, 2.05) is 48.5 Å². The van der Waals surface area contributed by atoms with Crippen LogP contribution in [0.5, 0.6) is 11.5 Å². The molecule has 0 spiro atoms. The van der Waals surface area contributed by atoms with Crippen LogP contribution in [-0.2, 0) is 20.7 Å². The highest BCUT2D eigenvalue weighted by atomic mass is 32.2. The molecule has 1 amide bonds. The third-order valence-corrected chi connectivity index (χ3v) is 6.00. The Morgan fingerprint density at radius 3 is 2.13 bits per heavy atom. The second-order valence-corrected chi connectivity index (χ2v) is 7.87.